The number of anilines is 1. The van der Waals surface area contributed by atoms with Crippen LogP contribution >= 0.6 is 11.6 Å². The van der Waals surface area contributed by atoms with Crippen molar-refractivity contribution in [1.29, 1.82) is 0 Å². The van der Waals surface area contributed by atoms with Crippen molar-refractivity contribution in [2.45, 2.75) is 26.2 Å². The second-order valence-corrected chi connectivity index (χ2v) is 5.36. The molecule has 2 rings (SSSR count). The normalized spacial score (nSPS) is 16.3. The van der Waals surface area contributed by atoms with Gasteiger partial charge in [-0.25, -0.2) is 9.97 Å². The Kier molecular flexibility index (Phi) is 6.50. The van der Waals surface area contributed by atoms with Crippen molar-refractivity contribution in [3.8, 4) is 0 Å². The molecule has 0 amide bonds. The quantitative estimate of drug-likeness (QED) is 0.618. The second-order valence-electron chi connectivity index (χ2n) is 4.98. The van der Waals surface area contributed by atoms with Crippen molar-refractivity contribution in [2.24, 2.45) is 0 Å². The zero-order valence-corrected chi connectivity index (χ0v) is 12.8. The molecule has 0 aromatic carbocycles. The minimum absolute atomic E-state index is 0.513. The molecule has 0 atom stereocenters. The minimum atomic E-state index is 0.513. The molecule has 0 bridgehead atoms. The molecule has 0 unspecified atom stereocenters. The Morgan fingerprint density at radius 1 is 1.35 bits per heavy atom. The Morgan fingerprint density at radius 2 is 2.15 bits per heavy atom. The molecule has 0 saturated carbocycles. The molecular formula is C14H23ClN4O. The van der Waals surface area contributed by atoms with Crippen molar-refractivity contribution in [3.05, 3.63) is 17.0 Å². The first-order chi connectivity index (χ1) is 9.78. The zero-order chi connectivity index (χ0) is 14.2. The molecule has 0 spiro atoms. The molecule has 1 N–H and O–H groups in total. The summed E-state index contributed by atoms with van der Waals surface area (Å²) in [5.41, 5.74) is 0. The lowest BCUT2D eigenvalue weighted by atomic mass is 10.3. The van der Waals surface area contributed by atoms with Crippen molar-refractivity contribution >= 4 is 17.4 Å². The van der Waals surface area contributed by atoms with Crippen LogP contribution in [0.1, 0.15) is 25.6 Å². The van der Waals surface area contributed by atoms with Gasteiger partial charge in [0.2, 0.25) is 0 Å². The first-order valence-corrected chi connectivity index (χ1v) is 7.73. The fraction of sp³-hybridized carbons (Fsp3) is 0.714. The van der Waals surface area contributed by atoms with E-state index >= 15 is 0 Å². The first-order valence-electron chi connectivity index (χ1n) is 7.35. The van der Waals surface area contributed by atoms with Crippen LogP contribution in [0.15, 0.2) is 6.07 Å². The van der Waals surface area contributed by atoms with Crippen LogP contribution in [0, 0.1) is 0 Å². The molecule has 1 aliphatic heterocycles. The van der Waals surface area contributed by atoms with Crippen molar-refractivity contribution in [1.82, 2.24) is 14.9 Å². The number of ether oxygens (including phenoxy) is 1. The summed E-state index contributed by atoms with van der Waals surface area (Å²) in [7, 11) is 0. The third-order valence-electron chi connectivity index (χ3n) is 3.28. The van der Waals surface area contributed by atoms with Gasteiger partial charge in [0.1, 0.15) is 16.8 Å². The summed E-state index contributed by atoms with van der Waals surface area (Å²) < 4.78 is 5.34. The second kappa shape index (κ2) is 8.39. The van der Waals surface area contributed by atoms with E-state index in [2.05, 4.69) is 27.1 Å². The molecule has 0 aliphatic carbocycles. The predicted molar refractivity (Wildman–Crippen MR) is 81.4 cm³/mol. The lowest BCUT2D eigenvalue weighted by molar-refractivity contribution is 0.0378. The molecule has 1 aromatic rings. The van der Waals surface area contributed by atoms with Gasteiger partial charge in [0, 0.05) is 32.1 Å². The summed E-state index contributed by atoms with van der Waals surface area (Å²) in [6.07, 6.45) is 2.98. The Hall–Kier alpha value is -0.910. The van der Waals surface area contributed by atoms with Gasteiger partial charge in [-0.2, -0.15) is 0 Å². The standard InChI is InChI=1S/C14H23ClN4O/c1-2-4-13-17-12(15)11-14(18-13)16-5-3-6-19-7-9-20-10-8-19/h11H,2-10H2,1H3,(H,16,17,18). The van der Waals surface area contributed by atoms with Gasteiger partial charge in [-0.3, -0.25) is 4.90 Å². The van der Waals surface area contributed by atoms with Crippen LogP contribution in [0.5, 0.6) is 0 Å². The van der Waals surface area contributed by atoms with Crippen molar-refractivity contribution in [2.75, 3.05) is 44.7 Å². The number of nitrogens with one attached hydrogen (secondary N) is 1. The number of aryl methyl sites for hydroxylation is 1. The van der Waals surface area contributed by atoms with Crippen LogP contribution in [-0.2, 0) is 11.2 Å². The van der Waals surface area contributed by atoms with E-state index in [1.165, 1.54) is 0 Å². The lowest BCUT2D eigenvalue weighted by Gasteiger charge is -2.26. The third-order valence-corrected chi connectivity index (χ3v) is 3.47. The number of hydrogen-bond donors (Lipinski definition) is 1. The number of nitrogens with zero attached hydrogens (tertiary/aromatic N) is 3. The maximum atomic E-state index is 6.01. The van der Waals surface area contributed by atoms with E-state index < -0.39 is 0 Å². The van der Waals surface area contributed by atoms with Crippen molar-refractivity contribution in [3.63, 3.8) is 0 Å². The average Bonchev–Trinajstić information content (AvgIpc) is 2.45. The van der Waals surface area contributed by atoms with Crippen LogP contribution < -0.4 is 5.32 Å². The highest BCUT2D eigenvalue weighted by molar-refractivity contribution is 6.29. The third kappa shape index (κ3) is 5.23. The smallest absolute Gasteiger partial charge is 0.134 e. The van der Waals surface area contributed by atoms with Gasteiger partial charge >= 0.3 is 0 Å². The van der Waals surface area contributed by atoms with E-state index in [-0.39, 0.29) is 0 Å². The van der Waals surface area contributed by atoms with Crippen LogP contribution in [0.25, 0.3) is 0 Å². The molecule has 2 heterocycles. The maximum absolute atomic E-state index is 6.01. The molecule has 112 valence electrons. The monoisotopic (exact) mass is 298 g/mol. The molecule has 1 aromatic heterocycles. The summed E-state index contributed by atoms with van der Waals surface area (Å²) >= 11 is 6.01. The minimum Gasteiger partial charge on any atom is -0.379 e. The Labute approximate surface area is 125 Å². The first kappa shape index (κ1) is 15.5. The van der Waals surface area contributed by atoms with Gasteiger partial charge < -0.3 is 10.1 Å². The summed E-state index contributed by atoms with van der Waals surface area (Å²) in [6, 6.07) is 1.79. The van der Waals surface area contributed by atoms with E-state index in [0.29, 0.717) is 5.15 Å². The van der Waals surface area contributed by atoms with E-state index in [1.807, 2.05) is 0 Å². The Bertz CT molecular complexity index is 410. The topological polar surface area (TPSA) is 50.3 Å². The molecule has 20 heavy (non-hydrogen) atoms. The number of rotatable bonds is 7. The number of halogens is 1. The highest BCUT2D eigenvalue weighted by atomic mass is 35.5. The molecule has 0 radical (unpaired) electrons. The molecular weight excluding hydrogens is 276 g/mol. The van der Waals surface area contributed by atoms with Gasteiger partial charge in [-0.05, 0) is 19.4 Å². The summed E-state index contributed by atoms with van der Waals surface area (Å²) in [4.78, 5) is 11.1. The molecule has 5 nitrogen and oxygen atoms in total. The van der Waals surface area contributed by atoms with E-state index in [1.54, 1.807) is 6.07 Å². The van der Waals surface area contributed by atoms with Crippen LogP contribution in [0.4, 0.5) is 5.82 Å². The molecule has 1 fully saturated rings. The van der Waals surface area contributed by atoms with Gasteiger partial charge in [0.25, 0.3) is 0 Å². The van der Waals surface area contributed by atoms with Gasteiger partial charge in [0.15, 0.2) is 0 Å². The highest BCUT2D eigenvalue weighted by Gasteiger charge is 2.09. The Morgan fingerprint density at radius 3 is 2.90 bits per heavy atom. The average molecular weight is 299 g/mol. The van der Waals surface area contributed by atoms with Gasteiger partial charge in [0.05, 0.1) is 13.2 Å². The predicted octanol–water partition coefficient (Wildman–Crippen LogP) is 2.22. The SMILES string of the molecule is CCCc1nc(Cl)cc(NCCCN2CCOCC2)n1. The molecule has 1 aliphatic rings. The maximum Gasteiger partial charge on any atom is 0.134 e. The van der Waals surface area contributed by atoms with Gasteiger partial charge in [-0.1, -0.05) is 18.5 Å². The number of aromatic nitrogens is 2. The van der Waals surface area contributed by atoms with Crippen LogP contribution in [0.3, 0.4) is 0 Å². The fourth-order valence-electron chi connectivity index (χ4n) is 2.23. The van der Waals surface area contributed by atoms with Crippen molar-refractivity contribution < 1.29 is 4.74 Å². The largest absolute Gasteiger partial charge is 0.379 e. The summed E-state index contributed by atoms with van der Waals surface area (Å²) in [5, 5.41) is 3.84. The van der Waals surface area contributed by atoms with E-state index in [9.17, 15) is 0 Å². The van der Waals surface area contributed by atoms with E-state index in [0.717, 1.165) is 70.3 Å². The fourth-order valence-corrected chi connectivity index (χ4v) is 2.44. The van der Waals surface area contributed by atoms with Gasteiger partial charge in [-0.15, -0.1) is 0 Å². The molecule has 1 saturated heterocycles. The van der Waals surface area contributed by atoms with E-state index in [4.69, 9.17) is 16.3 Å². The summed E-state index contributed by atoms with van der Waals surface area (Å²) in [6.45, 7) is 7.90. The Balaban J connectivity index is 1.72. The summed E-state index contributed by atoms with van der Waals surface area (Å²) in [5.74, 6) is 1.64. The number of hydrogen-bond acceptors (Lipinski definition) is 5. The van der Waals surface area contributed by atoms with Crippen LogP contribution in [0.2, 0.25) is 5.15 Å². The van der Waals surface area contributed by atoms with Crippen LogP contribution in [-0.4, -0.2) is 54.3 Å². The highest BCUT2D eigenvalue weighted by Crippen LogP contribution is 2.12. The lowest BCUT2D eigenvalue weighted by Crippen LogP contribution is -2.37. The molecule has 6 heteroatoms. The number of morpholine rings is 1. The zero-order valence-electron chi connectivity index (χ0n) is 12.1.